The molecule has 9 heteroatoms. The molecule has 3 amide bonds. The SMILES string of the molecule is O=C(Nc1ccc(N2CCN(c3ccncc3)CC2)cc1)NC1N=C(C2CCCCC2)c2ccccc2N(CC2CC2)C1=O. The Labute approximate surface area is 259 Å². The van der Waals surface area contributed by atoms with Gasteiger partial charge in [0.1, 0.15) is 0 Å². The molecule has 1 unspecified atom stereocenters. The molecule has 0 spiro atoms. The Morgan fingerprint density at radius 1 is 0.795 bits per heavy atom. The molecule has 2 aromatic carbocycles. The van der Waals surface area contributed by atoms with E-state index in [-0.39, 0.29) is 5.91 Å². The van der Waals surface area contributed by atoms with Crippen molar-refractivity contribution in [1.82, 2.24) is 10.3 Å². The summed E-state index contributed by atoms with van der Waals surface area (Å²) in [6.45, 7) is 4.38. The van der Waals surface area contributed by atoms with Gasteiger partial charge in [-0.05, 0) is 74.1 Å². The number of para-hydroxylation sites is 1. The number of aromatic nitrogens is 1. The average Bonchev–Trinajstić information content (AvgIpc) is 3.92. The quantitative estimate of drug-likeness (QED) is 0.369. The van der Waals surface area contributed by atoms with Crippen molar-refractivity contribution >= 4 is 40.4 Å². The number of nitrogens with one attached hydrogen (secondary N) is 2. The number of nitrogens with zero attached hydrogens (tertiary/aromatic N) is 5. The van der Waals surface area contributed by atoms with Gasteiger partial charge in [-0.15, -0.1) is 0 Å². The maximum absolute atomic E-state index is 14.0. The van der Waals surface area contributed by atoms with Gasteiger partial charge in [0.2, 0.25) is 6.17 Å². The topological polar surface area (TPSA) is 93.2 Å². The van der Waals surface area contributed by atoms with E-state index in [1.54, 1.807) is 0 Å². The zero-order chi connectivity index (χ0) is 29.9. The Bertz CT molecular complexity index is 1490. The second kappa shape index (κ2) is 12.7. The second-order valence-electron chi connectivity index (χ2n) is 12.5. The van der Waals surface area contributed by atoms with Gasteiger partial charge < -0.3 is 25.3 Å². The van der Waals surface area contributed by atoms with E-state index < -0.39 is 12.2 Å². The summed E-state index contributed by atoms with van der Waals surface area (Å²) in [4.78, 5) is 43.1. The third kappa shape index (κ3) is 6.27. The lowest BCUT2D eigenvalue weighted by Gasteiger charge is -2.37. The van der Waals surface area contributed by atoms with E-state index in [0.717, 1.165) is 74.5 Å². The number of anilines is 4. The van der Waals surface area contributed by atoms with E-state index in [1.165, 1.54) is 24.9 Å². The van der Waals surface area contributed by atoms with Gasteiger partial charge in [0.05, 0.1) is 11.4 Å². The van der Waals surface area contributed by atoms with Crippen molar-refractivity contribution in [3.63, 3.8) is 0 Å². The van der Waals surface area contributed by atoms with Crippen LogP contribution in [0.4, 0.5) is 27.5 Å². The van der Waals surface area contributed by atoms with Gasteiger partial charge in [-0.3, -0.25) is 14.8 Å². The van der Waals surface area contributed by atoms with Crippen molar-refractivity contribution < 1.29 is 9.59 Å². The lowest BCUT2D eigenvalue weighted by atomic mass is 9.83. The molecular weight excluding hydrogens is 550 g/mol. The zero-order valence-electron chi connectivity index (χ0n) is 25.2. The fourth-order valence-corrected chi connectivity index (χ4v) is 6.82. The van der Waals surface area contributed by atoms with E-state index in [0.29, 0.717) is 24.1 Å². The number of hydrogen-bond donors (Lipinski definition) is 2. The predicted octanol–water partition coefficient (Wildman–Crippen LogP) is 5.68. The number of amides is 3. The first-order chi connectivity index (χ1) is 21.6. The van der Waals surface area contributed by atoms with Gasteiger partial charge in [0.25, 0.3) is 5.91 Å². The number of aliphatic imine (C=N–C) groups is 1. The van der Waals surface area contributed by atoms with Crippen LogP contribution >= 0.6 is 0 Å². The van der Waals surface area contributed by atoms with Gasteiger partial charge in [0, 0.05) is 73.7 Å². The lowest BCUT2D eigenvalue weighted by molar-refractivity contribution is -0.120. The average molecular weight is 592 g/mol. The summed E-state index contributed by atoms with van der Waals surface area (Å²) in [6.07, 6.45) is 10.7. The second-order valence-corrected chi connectivity index (χ2v) is 12.5. The number of rotatable bonds is 7. The molecule has 0 radical (unpaired) electrons. The van der Waals surface area contributed by atoms with Crippen molar-refractivity contribution in [2.24, 2.45) is 16.8 Å². The summed E-state index contributed by atoms with van der Waals surface area (Å²) in [6, 6.07) is 19.8. The first kappa shape index (κ1) is 28.4. The van der Waals surface area contributed by atoms with E-state index in [1.807, 2.05) is 59.8 Å². The minimum Gasteiger partial charge on any atom is -0.368 e. The highest BCUT2D eigenvalue weighted by atomic mass is 16.2. The van der Waals surface area contributed by atoms with Crippen LogP contribution in [0.2, 0.25) is 0 Å². The van der Waals surface area contributed by atoms with Crippen LogP contribution in [0.3, 0.4) is 0 Å². The van der Waals surface area contributed by atoms with Crippen LogP contribution in [-0.2, 0) is 4.79 Å². The highest BCUT2D eigenvalue weighted by Crippen LogP contribution is 2.37. The van der Waals surface area contributed by atoms with E-state index in [4.69, 9.17) is 4.99 Å². The number of benzene rings is 2. The maximum atomic E-state index is 14.0. The van der Waals surface area contributed by atoms with Gasteiger partial charge in [-0.1, -0.05) is 37.5 Å². The molecule has 1 atom stereocenters. The number of piperazine rings is 1. The molecule has 228 valence electrons. The summed E-state index contributed by atoms with van der Waals surface area (Å²) in [7, 11) is 0. The summed E-state index contributed by atoms with van der Waals surface area (Å²) < 4.78 is 0. The van der Waals surface area contributed by atoms with Crippen LogP contribution < -0.4 is 25.3 Å². The van der Waals surface area contributed by atoms with E-state index in [2.05, 4.69) is 43.6 Å². The minimum atomic E-state index is -0.964. The molecule has 2 saturated carbocycles. The highest BCUT2D eigenvalue weighted by molar-refractivity contribution is 6.14. The number of carbonyl (C=O) groups is 2. The van der Waals surface area contributed by atoms with Gasteiger partial charge in [-0.2, -0.15) is 0 Å². The molecule has 4 aliphatic rings. The lowest BCUT2D eigenvalue weighted by Crippen LogP contribution is -2.49. The largest absolute Gasteiger partial charge is 0.368 e. The summed E-state index contributed by atoms with van der Waals surface area (Å²) in [5, 5.41) is 5.88. The number of urea groups is 1. The van der Waals surface area contributed by atoms with Crippen LogP contribution in [0.5, 0.6) is 0 Å². The molecule has 7 rings (SSSR count). The smallest absolute Gasteiger partial charge is 0.321 e. The monoisotopic (exact) mass is 591 g/mol. The highest BCUT2D eigenvalue weighted by Gasteiger charge is 2.37. The number of benzodiazepines with no additional fused rings is 1. The molecular formula is C35H41N7O2. The Morgan fingerprint density at radius 2 is 1.45 bits per heavy atom. The Morgan fingerprint density at radius 3 is 2.14 bits per heavy atom. The third-order valence-corrected chi connectivity index (χ3v) is 9.43. The van der Waals surface area contributed by atoms with Crippen LogP contribution in [0.25, 0.3) is 0 Å². The number of fused-ring (bicyclic) bond motifs is 1. The van der Waals surface area contributed by atoms with Crippen LogP contribution in [0.1, 0.15) is 50.5 Å². The van der Waals surface area contributed by atoms with Crippen molar-refractivity contribution in [2.45, 2.75) is 51.1 Å². The summed E-state index contributed by atoms with van der Waals surface area (Å²) >= 11 is 0. The molecule has 1 saturated heterocycles. The molecule has 3 fully saturated rings. The summed E-state index contributed by atoms with van der Waals surface area (Å²) in [5.74, 6) is 0.645. The van der Waals surface area contributed by atoms with Crippen LogP contribution in [0.15, 0.2) is 78.0 Å². The van der Waals surface area contributed by atoms with Crippen molar-refractivity contribution in [3.05, 3.63) is 78.6 Å². The number of carbonyl (C=O) groups excluding carboxylic acids is 2. The third-order valence-electron chi connectivity index (χ3n) is 9.43. The molecule has 3 heterocycles. The first-order valence-corrected chi connectivity index (χ1v) is 16.2. The fraction of sp³-hybridized carbons (Fsp3) is 0.429. The normalized spacial score (nSPS) is 20.9. The van der Waals surface area contributed by atoms with Gasteiger partial charge in [-0.25, -0.2) is 4.79 Å². The molecule has 44 heavy (non-hydrogen) atoms. The van der Waals surface area contributed by atoms with Crippen molar-refractivity contribution in [2.75, 3.05) is 52.7 Å². The number of pyridine rings is 1. The fourth-order valence-electron chi connectivity index (χ4n) is 6.82. The van der Waals surface area contributed by atoms with Crippen LogP contribution in [0, 0.1) is 11.8 Å². The van der Waals surface area contributed by atoms with Gasteiger partial charge in [0.15, 0.2) is 0 Å². The zero-order valence-corrected chi connectivity index (χ0v) is 25.2. The molecule has 2 N–H and O–H groups in total. The van der Waals surface area contributed by atoms with E-state index in [9.17, 15) is 9.59 Å². The number of hydrogen-bond acceptors (Lipinski definition) is 6. The molecule has 2 aliphatic carbocycles. The van der Waals surface area contributed by atoms with Crippen molar-refractivity contribution in [1.29, 1.82) is 0 Å². The molecule has 1 aromatic heterocycles. The van der Waals surface area contributed by atoms with Crippen molar-refractivity contribution in [3.8, 4) is 0 Å². The van der Waals surface area contributed by atoms with Crippen LogP contribution in [-0.4, -0.2) is 61.5 Å². The predicted molar refractivity (Wildman–Crippen MR) is 176 cm³/mol. The maximum Gasteiger partial charge on any atom is 0.321 e. The van der Waals surface area contributed by atoms with Gasteiger partial charge >= 0.3 is 6.03 Å². The Kier molecular flexibility index (Phi) is 8.18. The molecule has 3 aromatic rings. The van der Waals surface area contributed by atoms with E-state index >= 15 is 0 Å². The minimum absolute atomic E-state index is 0.161. The summed E-state index contributed by atoms with van der Waals surface area (Å²) in [5.41, 5.74) is 5.93. The standard InChI is InChI=1S/C35H41N7O2/c43-34-33(38-32(26-6-2-1-3-7-26)30-8-4-5-9-31(30)42(34)24-25-10-11-25)39-35(44)37-27-12-14-28(15-13-27)40-20-22-41(23-21-40)29-16-18-36-19-17-29/h4-5,8-9,12-19,25-26,33H,1-3,6-7,10-11,20-24H2,(H2,37,39,44). The molecule has 2 aliphatic heterocycles. The Balaban J connectivity index is 1.04. The first-order valence-electron chi connectivity index (χ1n) is 16.2. The molecule has 0 bridgehead atoms. The molecule has 9 nitrogen and oxygen atoms in total. The Hall–Kier alpha value is -4.40.